The smallest absolute Gasteiger partial charge is 0.270 e. The van der Waals surface area contributed by atoms with Gasteiger partial charge in [-0.3, -0.25) is 4.18 Å². The number of fused-ring (bicyclic) bond motifs is 5. The van der Waals surface area contributed by atoms with Crippen LogP contribution < -0.4 is 0 Å². The highest BCUT2D eigenvalue weighted by Crippen LogP contribution is 2.65. The normalized spacial score (nSPS) is 40.5. The average Bonchev–Trinajstić information content (AvgIpc) is 3.06. The van der Waals surface area contributed by atoms with Gasteiger partial charge in [-0.25, -0.2) is 0 Å². The van der Waals surface area contributed by atoms with Crippen LogP contribution >= 0.6 is 0 Å². The summed E-state index contributed by atoms with van der Waals surface area (Å²) in [5.41, 5.74) is 0.851. The first-order valence-corrected chi connectivity index (χ1v) is 17.8. The summed E-state index contributed by atoms with van der Waals surface area (Å²) in [6, 6.07) is 0. The number of terminal acetylenes is 1. The Labute approximate surface area is 202 Å². The maximum absolute atomic E-state index is 12.3. The van der Waals surface area contributed by atoms with E-state index in [0.29, 0.717) is 23.7 Å². The van der Waals surface area contributed by atoms with Crippen molar-refractivity contribution >= 4 is 18.4 Å². The van der Waals surface area contributed by atoms with Gasteiger partial charge in [-0.05, 0) is 108 Å². The first kappa shape index (κ1) is 25.2. The molecule has 0 bridgehead atoms. The molecule has 33 heavy (non-hydrogen) atoms. The predicted molar refractivity (Wildman–Crippen MR) is 137 cm³/mol. The van der Waals surface area contributed by atoms with Crippen LogP contribution in [0.5, 0.6) is 0 Å². The second kappa shape index (κ2) is 8.66. The van der Waals surface area contributed by atoms with Crippen LogP contribution in [0.1, 0.15) is 65.7 Å². The lowest BCUT2D eigenvalue weighted by Gasteiger charge is -2.57. The van der Waals surface area contributed by atoms with E-state index in [-0.39, 0.29) is 11.5 Å². The van der Waals surface area contributed by atoms with E-state index in [1.807, 2.05) is 0 Å². The molecule has 0 aromatic heterocycles. The largest absolute Gasteiger partial charge is 0.398 e. The molecule has 0 unspecified atom stereocenters. The fraction of sp³-hybridized carbons (Fsp3) is 0.778. The zero-order valence-corrected chi connectivity index (χ0v) is 23.1. The summed E-state index contributed by atoms with van der Waals surface area (Å²) >= 11 is 0. The number of hydrogen-bond acceptors (Lipinski definition) is 4. The van der Waals surface area contributed by atoms with Crippen LogP contribution in [0.3, 0.4) is 0 Å². The molecule has 0 heterocycles. The summed E-state index contributed by atoms with van der Waals surface area (Å²) in [5, 5.41) is -0.506. The molecule has 0 aromatic rings. The number of rotatable bonds is 6. The molecule has 4 nitrogen and oxygen atoms in total. The van der Waals surface area contributed by atoms with Crippen molar-refractivity contribution in [1.29, 1.82) is 0 Å². The van der Waals surface area contributed by atoms with Gasteiger partial charge in [0, 0.05) is 5.41 Å². The summed E-state index contributed by atoms with van der Waals surface area (Å²) in [5.74, 6) is 5.43. The van der Waals surface area contributed by atoms with Crippen LogP contribution in [-0.4, -0.2) is 33.7 Å². The lowest BCUT2D eigenvalue weighted by atomic mass is 9.49. The van der Waals surface area contributed by atoms with Crippen molar-refractivity contribution in [3.05, 3.63) is 23.8 Å². The molecule has 0 N–H and O–H groups in total. The van der Waals surface area contributed by atoms with E-state index >= 15 is 0 Å². The minimum Gasteiger partial charge on any atom is -0.398 e. The summed E-state index contributed by atoms with van der Waals surface area (Å²) in [6.45, 7) is 12.4. The Morgan fingerprint density at radius 2 is 1.91 bits per heavy atom. The molecule has 0 saturated heterocycles. The molecule has 6 heteroatoms. The Hall–Kier alpha value is -0.873. The molecular weight excluding hydrogens is 448 g/mol. The highest BCUT2D eigenvalue weighted by atomic mass is 32.2. The first-order chi connectivity index (χ1) is 15.4. The van der Waals surface area contributed by atoms with E-state index in [1.54, 1.807) is 13.8 Å². The van der Waals surface area contributed by atoms with Crippen LogP contribution in [-0.2, 0) is 18.7 Å². The van der Waals surface area contributed by atoms with Gasteiger partial charge in [0.1, 0.15) is 5.60 Å². The summed E-state index contributed by atoms with van der Waals surface area (Å²) < 4.78 is 36.9. The topological polar surface area (TPSA) is 52.6 Å². The molecule has 7 atom stereocenters. The van der Waals surface area contributed by atoms with Gasteiger partial charge in [0.25, 0.3) is 10.1 Å². The molecule has 2 saturated carbocycles. The molecule has 4 aliphatic rings. The third-order valence-electron chi connectivity index (χ3n) is 8.92. The maximum Gasteiger partial charge on any atom is 0.270 e. The van der Waals surface area contributed by atoms with E-state index in [9.17, 15) is 8.42 Å². The van der Waals surface area contributed by atoms with Crippen molar-refractivity contribution in [2.45, 2.75) is 102 Å². The zero-order valence-electron chi connectivity index (χ0n) is 21.3. The molecule has 0 spiro atoms. The number of allylic oxidation sites excluding steroid dienone is 2. The first-order valence-electron chi connectivity index (χ1n) is 12.9. The van der Waals surface area contributed by atoms with Gasteiger partial charge in [-0.1, -0.05) is 30.6 Å². The lowest BCUT2D eigenvalue weighted by molar-refractivity contribution is -0.0804. The third kappa shape index (κ3) is 4.22. The second-order valence-corrected chi connectivity index (χ2v) is 18.5. The van der Waals surface area contributed by atoms with Gasteiger partial charge in [0.15, 0.2) is 8.32 Å². The Morgan fingerprint density at radius 1 is 1.18 bits per heavy atom. The van der Waals surface area contributed by atoms with Crippen LogP contribution in [0.4, 0.5) is 0 Å². The van der Waals surface area contributed by atoms with Gasteiger partial charge >= 0.3 is 0 Å². The zero-order chi connectivity index (χ0) is 24.2. The van der Waals surface area contributed by atoms with E-state index in [2.05, 4.69) is 50.7 Å². The van der Waals surface area contributed by atoms with Crippen LogP contribution in [0.2, 0.25) is 19.6 Å². The molecule has 2 fully saturated rings. The van der Waals surface area contributed by atoms with E-state index in [1.165, 1.54) is 12.0 Å². The molecule has 4 aliphatic carbocycles. The predicted octanol–water partition coefficient (Wildman–Crippen LogP) is 6.07. The Bertz CT molecular complexity index is 969. The monoisotopic (exact) mass is 490 g/mol. The highest BCUT2D eigenvalue weighted by molar-refractivity contribution is 7.87. The van der Waals surface area contributed by atoms with Crippen molar-refractivity contribution in [3.8, 4) is 12.3 Å². The molecule has 184 valence electrons. The second-order valence-electron chi connectivity index (χ2n) is 12.0. The standard InChI is InChI=1S/C27H42O4SSi/c1-8-26-16-14-23-22-13-11-21(30-32(28,29)19(3)4)18-20(22)10-12-24(23)25(26)15-17-27(26,9-2)31-33(5,6)7/h2,15,17-19,21-25H,8,10-14,16H2,1,3-7H3/t21-,22-,23+,24+,25-,26-,27-/m0/s1. The molecule has 0 amide bonds. The van der Waals surface area contributed by atoms with Gasteiger partial charge in [-0.2, -0.15) is 8.42 Å². The van der Waals surface area contributed by atoms with E-state index in [4.69, 9.17) is 15.0 Å². The van der Waals surface area contributed by atoms with Crippen molar-refractivity contribution in [2.24, 2.45) is 29.1 Å². The van der Waals surface area contributed by atoms with Crippen molar-refractivity contribution in [2.75, 3.05) is 0 Å². The third-order valence-corrected chi connectivity index (χ3v) is 11.5. The Balaban J connectivity index is 1.57. The fourth-order valence-electron chi connectivity index (χ4n) is 7.48. The van der Waals surface area contributed by atoms with Crippen molar-refractivity contribution < 1.29 is 17.0 Å². The molecule has 4 rings (SSSR count). The van der Waals surface area contributed by atoms with Crippen molar-refractivity contribution in [3.63, 3.8) is 0 Å². The SMILES string of the molecule is C#C[C@]1(O[Si](C)(C)C)C=C[C@H]2[C@@H]3CCC4=C[C@@H](OS(=O)(=O)C(C)C)CC[C@@H]4[C@H]3CC[C@@]21CC. The van der Waals surface area contributed by atoms with E-state index < -0.39 is 29.3 Å². The average molecular weight is 491 g/mol. The van der Waals surface area contributed by atoms with Gasteiger partial charge < -0.3 is 4.43 Å². The minimum atomic E-state index is -3.50. The molecule has 0 radical (unpaired) electrons. The number of hydrogen-bond donors (Lipinski definition) is 0. The molecule has 0 aliphatic heterocycles. The Morgan fingerprint density at radius 3 is 2.52 bits per heavy atom. The summed E-state index contributed by atoms with van der Waals surface area (Å²) in [6.07, 6.45) is 20.0. The van der Waals surface area contributed by atoms with Gasteiger partial charge in [-0.15, -0.1) is 6.42 Å². The van der Waals surface area contributed by atoms with Crippen molar-refractivity contribution in [1.82, 2.24) is 0 Å². The van der Waals surface area contributed by atoms with Crippen LogP contribution in [0.15, 0.2) is 23.8 Å². The quantitative estimate of drug-likeness (QED) is 0.196. The molecule has 0 aromatic carbocycles. The van der Waals surface area contributed by atoms with Crippen LogP contribution in [0, 0.1) is 41.4 Å². The molecular formula is C27H42O4SSi. The summed E-state index contributed by atoms with van der Waals surface area (Å²) in [4.78, 5) is 0. The lowest BCUT2D eigenvalue weighted by Crippen LogP contribution is -2.57. The fourth-order valence-corrected chi connectivity index (χ4v) is 9.49. The minimum absolute atomic E-state index is 0.00390. The van der Waals surface area contributed by atoms with Gasteiger partial charge in [0.2, 0.25) is 0 Å². The highest BCUT2D eigenvalue weighted by Gasteiger charge is 2.63. The Kier molecular flexibility index (Phi) is 6.62. The maximum atomic E-state index is 12.3. The summed E-state index contributed by atoms with van der Waals surface area (Å²) in [7, 11) is -5.32. The van der Waals surface area contributed by atoms with Gasteiger partial charge in [0.05, 0.1) is 11.4 Å². The van der Waals surface area contributed by atoms with Crippen LogP contribution in [0.25, 0.3) is 0 Å². The van der Waals surface area contributed by atoms with E-state index in [0.717, 1.165) is 38.5 Å².